The molecule has 6 heteroatoms. The molecular weight excluding hydrogens is 358 g/mol. The smallest absolute Gasteiger partial charge is 0.234 e. The summed E-state index contributed by atoms with van der Waals surface area (Å²) in [5, 5.41) is 5.96. The molecule has 0 spiro atoms. The van der Waals surface area contributed by atoms with E-state index in [1.165, 1.54) is 0 Å². The molecule has 1 atom stereocenters. The van der Waals surface area contributed by atoms with Crippen LogP contribution in [0.3, 0.4) is 0 Å². The van der Waals surface area contributed by atoms with Crippen molar-refractivity contribution in [2.45, 2.75) is 38.3 Å². The molecule has 5 nitrogen and oxygen atoms in total. The Morgan fingerprint density at radius 2 is 1.83 bits per heavy atom. The highest BCUT2D eigenvalue weighted by molar-refractivity contribution is 9.10. The number of carbonyl (C=O) groups is 2. The number of nitrogens with zero attached hydrogens (tertiary/aromatic N) is 1. The van der Waals surface area contributed by atoms with Gasteiger partial charge < -0.3 is 10.6 Å². The molecule has 2 amide bonds. The van der Waals surface area contributed by atoms with Crippen LogP contribution in [-0.4, -0.2) is 42.9 Å². The predicted octanol–water partition coefficient (Wildman–Crippen LogP) is 2.23. The third-order valence-electron chi connectivity index (χ3n) is 3.79. The van der Waals surface area contributed by atoms with E-state index in [0.717, 1.165) is 29.3 Å². The first-order chi connectivity index (χ1) is 11.0. The number of hydrogen-bond acceptors (Lipinski definition) is 3. The Morgan fingerprint density at radius 1 is 1.22 bits per heavy atom. The lowest BCUT2D eigenvalue weighted by molar-refractivity contribution is -0.125. The summed E-state index contributed by atoms with van der Waals surface area (Å²) in [6.07, 6.45) is 2.96. The van der Waals surface area contributed by atoms with Crippen molar-refractivity contribution in [1.29, 1.82) is 0 Å². The molecule has 126 valence electrons. The van der Waals surface area contributed by atoms with E-state index in [-0.39, 0.29) is 30.9 Å². The van der Waals surface area contributed by atoms with Crippen molar-refractivity contribution < 1.29 is 9.59 Å². The number of carbonyl (C=O) groups excluding carboxylic acids is 2. The van der Waals surface area contributed by atoms with Gasteiger partial charge in [-0.15, -0.1) is 0 Å². The van der Waals surface area contributed by atoms with Crippen molar-refractivity contribution in [1.82, 2.24) is 15.5 Å². The minimum atomic E-state index is -0.0681. The normalized spacial score (nSPS) is 15.3. The Hall–Kier alpha value is -1.40. The Morgan fingerprint density at radius 3 is 2.39 bits per heavy atom. The van der Waals surface area contributed by atoms with Gasteiger partial charge in [-0.3, -0.25) is 14.5 Å². The number of hydrogen-bond donors (Lipinski definition) is 2. The van der Waals surface area contributed by atoms with Crippen LogP contribution in [0.4, 0.5) is 0 Å². The summed E-state index contributed by atoms with van der Waals surface area (Å²) in [7, 11) is 1.78. The number of amides is 2. The Kier molecular flexibility index (Phi) is 6.59. The average Bonchev–Trinajstić information content (AvgIpc) is 3.29. The van der Waals surface area contributed by atoms with Crippen LogP contribution in [0.2, 0.25) is 0 Å². The summed E-state index contributed by atoms with van der Waals surface area (Å²) in [4.78, 5) is 25.7. The van der Waals surface area contributed by atoms with Crippen molar-refractivity contribution >= 4 is 27.7 Å². The molecule has 0 heterocycles. The lowest BCUT2D eigenvalue weighted by Gasteiger charge is -2.20. The maximum atomic E-state index is 12.2. The number of benzene rings is 1. The van der Waals surface area contributed by atoms with Gasteiger partial charge in [-0.25, -0.2) is 0 Å². The quantitative estimate of drug-likeness (QED) is 0.725. The SMILES string of the molecule is CC[C@H](NC(=O)CN(C)CC(=O)NC1CC1)c1ccc(Br)cc1. The lowest BCUT2D eigenvalue weighted by Crippen LogP contribution is -2.42. The molecule has 1 aromatic rings. The van der Waals surface area contributed by atoms with E-state index in [2.05, 4.69) is 26.6 Å². The van der Waals surface area contributed by atoms with E-state index in [9.17, 15) is 9.59 Å². The monoisotopic (exact) mass is 381 g/mol. The highest BCUT2D eigenvalue weighted by Crippen LogP contribution is 2.19. The van der Waals surface area contributed by atoms with Gasteiger partial charge in [0.1, 0.15) is 0 Å². The zero-order valence-corrected chi connectivity index (χ0v) is 15.2. The predicted molar refractivity (Wildman–Crippen MR) is 94.0 cm³/mol. The fourth-order valence-corrected chi connectivity index (χ4v) is 2.67. The maximum absolute atomic E-state index is 12.2. The Labute approximate surface area is 145 Å². The highest BCUT2D eigenvalue weighted by Gasteiger charge is 2.24. The maximum Gasteiger partial charge on any atom is 0.234 e. The van der Waals surface area contributed by atoms with Gasteiger partial charge in [-0.2, -0.15) is 0 Å². The summed E-state index contributed by atoms with van der Waals surface area (Å²) in [6.45, 7) is 2.50. The van der Waals surface area contributed by atoms with Gasteiger partial charge in [0.25, 0.3) is 0 Å². The molecule has 2 N–H and O–H groups in total. The van der Waals surface area contributed by atoms with E-state index in [1.54, 1.807) is 11.9 Å². The van der Waals surface area contributed by atoms with Crippen LogP contribution in [0.15, 0.2) is 28.7 Å². The molecule has 1 fully saturated rings. The third-order valence-corrected chi connectivity index (χ3v) is 4.31. The third kappa shape index (κ3) is 6.31. The second-order valence-electron chi connectivity index (χ2n) is 6.09. The van der Waals surface area contributed by atoms with Crippen molar-refractivity contribution in [3.8, 4) is 0 Å². The number of nitrogens with one attached hydrogen (secondary N) is 2. The molecule has 2 rings (SSSR count). The first-order valence-electron chi connectivity index (χ1n) is 8.00. The van der Waals surface area contributed by atoms with Gasteiger partial charge in [-0.05, 0) is 44.0 Å². The molecule has 1 aromatic carbocycles. The number of halogens is 1. The van der Waals surface area contributed by atoms with Gasteiger partial charge in [0.05, 0.1) is 19.1 Å². The van der Waals surface area contributed by atoms with Crippen LogP contribution >= 0.6 is 15.9 Å². The standard InChI is InChI=1S/C17H24BrN3O2/c1-3-15(12-4-6-13(18)7-5-12)20-17(23)11-21(2)10-16(22)19-14-8-9-14/h4-7,14-15H,3,8-11H2,1-2H3,(H,19,22)(H,20,23)/t15-/m0/s1. The highest BCUT2D eigenvalue weighted by atomic mass is 79.9. The fourth-order valence-electron chi connectivity index (χ4n) is 2.40. The minimum Gasteiger partial charge on any atom is -0.352 e. The van der Waals surface area contributed by atoms with Crippen molar-refractivity contribution in [3.05, 3.63) is 34.3 Å². The van der Waals surface area contributed by atoms with E-state index < -0.39 is 0 Å². The summed E-state index contributed by atoms with van der Waals surface area (Å²) < 4.78 is 1.02. The lowest BCUT2D eigenvalue weighted by atomic mass is 10.0. The summed E-state index contributed by atoms with van der Waals surface area (Å²) in [6, 6.07) is 8.30. The molecule has 23 heavy (non-hydrogen) atoms. The Balaban J connectivity index is 1.79. The average molecular weight is 382 g/mol. The fraction of sp³-hybridized carbons (Fsp3) is 0.529. The van der Waals surface area contributed by atoms with Crippen molar-refractivity contribution in [3.63, 3.8) is 0 Å². The molecule has 0 unspecified atom stereocenters. The first-order valence-corrected chi connectivity index (χ1v) is 8.80. The van der Waals surface area contributed by atoms with Crippen LogP contribution in [0.25, 0.3) is 0 Å². The minimum absolute atomic E-state index is 0.00992. The van der Waals surface area contributed by atoms with Crippen LogP contribution in [-0.2, 0) is 9.59 Å². The van der Waals surface area contributed by atoms with Crippen LogP contribution in [0.5, 0.6) is 0 Å². The molecule has 0 radical (unpaired) electrons. The molecule has 0 bridgehead atoms. The Bertz CT molecular complexity index is 543. The van der Waals surface area contributed by atoms with Gasteiger partial charge in [0.2, 0.25) is 11.8 Å². The topological polar surface area (TPSA) is 61.4 Å². The summed E-state index contributed by atoms with van der Waals surface area (Å²) in [5.41, 5.74) is 1.08. The van der Waals surface area contributed by atoms with Crippen LogP contribution in [0.1, 0.15) is 37.8 Å². The van der Waals surface area contributed by atoms with Gasteiger partial charge >= 0.3 is 0 Å². The van der Waals surface area contributed by atoms with E-state index >= 15 is 0 Å². The molecule has 1 saturated carbocycles. The number of likely N-dealkylation sites (N-methyl/N-ethyl adjacent to an activating group) is 1. The van der Waals surface area contributed by atoms with Gasteiger partial charge in [0.15, 0.2) is 0 Å². The van der Waals surface area contributed by atoms with E-state index in [0.29, 0.717) is 6.04 Å². The molecular formula is C17H24BrN3O2. The second-order valence-corrected chi connectivity index (χ2v) is 7.01. The summed E-state index contributed by atoms with van der Waals surface area (Å²) >= 11 is 3.41. The molecule has 1 aliphatic rings. The van der Waals surface area contributed by atoms with E-state index in [1.807, 2.05) is 31.2 Å². The van der Waals surface area contributed by atoms with Crippen molar-refractivity contribution in [2.24, 2.45) is 0 Å². The van der Waals surface area contributed by atoms with Crippen LogP contribution in [0, 0.1) is 0 Å². The molecule has 0 saturated heterocycles. The van der Waals surface area contributed by atoms with Gasteiger partial charge in [-0.1, -0.05) is 35.0 Å². The zero-order valence-electron chi connectivity index (χ0n) is 13.6. The van der Waals surface area contributed by atoms with Crippen LogP contribution < -0.4 is 10.6 Å². The summed E-state index contributed by atoms with van der Waals surface area (Å²) in [5.74, 6) is -0.0794. The second kappa shape index (κ2) is 8.45. The molecule has 1 aliphatic carbocycles. The number of rotatable bonds is 8. The zero-order chi connectivity index (χ0) is 16.8. The first kappa shape index (κ1) is 17.9. The van der Waals surface area contributed by atoms with Gasteiger partial charge in [0, 0.05) is 10.5 Å². The largest absolute Gasteiger partial charge is 0.352 e. The van der Waals surface area contributed by atoms with Crippen molar-refractivity contribution in [2.75, 3.05) is 20.1 Å². The molecule has 0 aromatic heterocycles. The van der Waals surface area contributed by atoms with E-state index in [4.69, 9.17) is 0 Å². The molecule has 0 aliphatic heterocycles.